The minimum Gasteiger partial charge on any atom is -0.326 e. The van der Waals surface area contributed by atoms with Crippen molar-refractivity contribution in [1.29, 1.82) is 0 Å². The molecular weight excluding hydrogens is 308 g/mol. The van der Waals surface area contributed by atoms with Gasteiger partial charge in [0.05, 0.1) is 4.90 Å². The fraction of sp³-hybridized carbons (Fsp3) is 0.600. The summed E-state index contributed by atoms with van der Waals surface area (Å²) in [6, 6.07) is 3.44. The zero-order chi connectivity index (χ0) is 15.6. The highest BCUT2D eigenvalue weighted by atomic mass is 35.5. The highest BCUT2D eigenvalue weighted by Gasteiger charge is 2.38. The van der Waals surface area contributed by atoms with Crippen molar-refractivity contribution in [3.8, 4) is 0 Å². The summed E-state index contributed by atoms with van der Waals surface area (Å²) in [5.74, 6) is 0. The molecule has 6 heteroatoms. The van der Waals surface area contributed by atoms with E-state index in [1.54, 1.807) is 23.4 Å². The molecule has 1 aliphatic carbocycles. The number of nitrogens with two attached hydrogens (primary N) is 1. The minimum atomic E-state index is -3.50. The van der Waals surface area contributed by atoms with Crippen LogP contribution >= 0.6 is 11.6 Å². The van der Waals surface area contributed by atoms with E-state index in [2.05, 4.69) is 6.92 Å². The molecule has 1 fully saturated rings. The van der Waals surface area contributed by atoms with Crippen LogP contribution in [0.25, 0.3) is 0 Å². The van der Waals surface area contributed by atoms with Gasteiger partial charge in [-0.05, 0) is 49.4 Å². The number of hydrogen-bond acceptors (Lipinski definition) is 3. The average molecular weight is 331 g/mol. The zero-order valence-corrected chi connectivity index (χ0v) is 14.2. The monoisotopic (exact) mass is 330 g/mol. The van der Waals surface area contributed by atoms with Crippen LogP contribution in [0.5, 0.6) is 0 Å². The summed E-state index contributed by atoms with van der Waals surface area (Å²) in [4.78, 5) is 0.304. The van der Waals surface area contributed by atoms with Gasteiger partial charge in [-0.15, -0.1) is 0 Å². The first-order valence-electron chi connectivity index (χ1n) is 7.42. The van der Waals surface area contributed by atoms with Crippen LogP contribution in [0.4, 0.5) is 0 Å². The Morgan fingerprint density at radius 1 is 1.38 bits per heavy atom. The van der Waals surface area contributed by atoms with E-state index in [1.165, 1.54) is 0 Å². The summed E-state index contributed by atoms with van der Waals surface area (Å²) in [5.41, 5.74) is 7.19. The van der Waals surface area contributed by atoms with Crippen molar-refractivity contribution < 1.29 is 8.42 Å². The second kappa shape index (κ2) is 6.65. The third-order valence-electron chi connectivity index (χ3n) is 3.93. The van der Waals surface area contributed by atoms with Crippen molar-refractivity contribution in [3.05, 3.63) is 28.3 Å². The van der Waals surface area contributed by atoms with Crippen LogP contribution in [0.2, 0.25) is 5.02 Å². The highest BCUT2D eigenvalue weighted by Crippen LogP contribution is 2.34. The largest absolute Gasteiger partial charge is 0.326 e. The molecule has 0 atom stereocenters. The van der Waals surface area contributed by atoms with Crippen LogP contribution in [-0.2, 0) is 16.6 Å². The van der Waals surface area contributed by atoms with E-state index < -0.39 is 10.0 Å². The number of benzene rings is 1. The van der Waals surface area contributed by atoms with E-state index in [-0.39, 0.29) is 12.6 Å². The molecule has 0 saturated heterocycles. The number of nitrogens with zero attached hydrogens (tertiary/aromatic N) is 1. The third-order valence-corrected chi connectivity index (χ3v) is 6.22. The number of hydrogen-bond donors (Lipinski definition) is 1. The fourth-order valence-corrected chi connectivity index (χ4v) is 4.81. The van der Waals surface area contributed by atoms with Gasteiger partial charge < -0.3 is 5.73 Å². The molecule has 0 aliphatic heterocycles. The van der Waals surface area contributed by atoms with E-state index >= 15 is 0 Å². The second-order valence-corrected chi connectivity index (χ2v) is 7.89. The maximum absolute atomic E-state index is 13.0. The van der Waals surface area contributed by atoms with Crippen molar-refractivity contribution in [2.45, 2.75) is 57.0 Å². The van der Waals surface area contributed by atoms with Gasteiger partial charge in [0.1, 0.15) is 0 Å². The Labute approximate surface area is 132 Å². The molecule has 1 aromatic rings. The number of rotatable bonds is 7. The Morgan fingerprint density at radius 3 is 2.57 bits per heavy atom. The number of sulfonamides is 1. The lowest BCUT2D eigenvalue weighted by Crippen LogP contribution is -2.34. The lowest BCUT2D eigenvalue weighted by Gasteiger charge is -2.23. The lowest BCUT2D eigenvalue weighted by atomic mass is 10.1. The molecule has 1 aliphatic rings. The van der Waals surface area contributed by atoms with Crippen molar-refractivity contribution in [2.75, 3.05) is 6.54 Å². The summed E-state index contributed by atoms with van der Waals surface area (Å²) in [6.45, 7) is 4.73. The molecule has 2 N–H and O–H groups in total. The van der Waals surface area contributed by atoms with Crippen molar-refractivity contribution >= 4 is 21.6 Å². The molecule has 0 amide bonds. The van der Waals surface area contributed by atoms with Crippen LogP contribution in [0, 0.1) is 6.92 Å². The van der Waals surface area contributed by atoms with E-state index in [9.17, 15) is 8.42 Å². The van der Waals surface area contributed by atoms with E-state index in [1.807, 2.05) is 0 Å². The normalized spacial score (nSPS) is 15.7. The van der Waals surface area contributed by atoms with Gasteiger partial charge in [0.25, 0.3) is 0 Å². The summed E-state index contributed by atoms with van der Waals surface area (Å²) in [7, 11) is -3.50. The number of unbranched alkanes of at least 4 members (excludes halogenated alkanes) is 1. The van der Waals surface area contributed by atoms with E-state index in [4.69, 9.17) is 17.3 Å². The van der Waals surface area contributed by atoms with Crippen LogP contribution in [0.15, 0.2) is 17.0 Å². The van der Waals surface area contributed by atoms with Gasteiger partial charge in [-0.1, -0.05) is 24.9 Å². The molecule has 0 bridgehead atoms. The Kier molecular flexibility index (Phi) is 5.30. The van der Waals surface area contributed by atoms with Crippen LogP contribution in [-0.4, -0.2) is 25.3 Å². The summed E-state index contributed by atoms with van der Waals surface area (Å²) >= 11 is 6.07. The molecule has 0 spiro atoms. The zero-order valence-electron chi connectivity index (χ0n) is 12.6. The molecule has 1 aromatic carbocycles. The Bertz CT molecular complexity index is 612. The molecule has 0 unspecified atom stereocenters. The smallest absolute Gasteiger partial charge is 0.243 e. The Hall–Kier alpha value is -0.620. The molecule has 0 aromatic heterocycles. The second-order valence-electron chi connectivity index (χ2n) is 5.59. The molecule has 0 heterocycles. The Balaban J connectivity index is 2.44. The van der Waals surface area contributed by atoms with Gasteiger partial charge >= 0.3 is 0 Å². The first-order valence-corrected chi connectivity index (χ1v) is 9.24. The first-order chi connectivity index (χ1) is 9.91. The molecule has 21 heavy (non-hydrogen) atoms. The van der Waals surface area contributed by atoms with Crippen molar-refractivity contribution in [2.24, 2.45) is 5.73 Å². The van der Waals surface area contributed by atoms with Crippen LogP contribution in [0.1, 0.15) is 43.7 Å². The number of halogens is 1. The van der Waals surface area contributed by atoms with Crippen LogP contribution < -0.4 is 5.73 Å². The van der Waals surface area contributed by atoms with Crippen molar-refractivity contribution in [1.82, 2.24) is 4.31 Å². The minimum absolute atomic E-state index is 0.154. The summed E-state index contributed by atoms with van der Waals surface area (Å²) in [6.07, 6.45) is 3.75. The Morgan fingerprint density at radius 2 is 2.05 bits per heavy atom. The molecule has 4 nitrogen and oxygen atoms in total. The maximum atomic E-state index is 13.0. The van der Waals surface area contributed by atoms with Crippen molar-refractivity contribution in [3.63, 3.8) is 0 Å². The summed E-state index contributed by atoms with van der Waals surface area (Å²) < 4.78 is 27.6. The topological polar surface area (TPSA) is 63.4 Å². The molecule has 118 valence electrons. The first kappa shape index (κ1) is 16.7. The molecule has 1 saturated carbocycles. The van der Waals surface area contributed by atoms with Gasteiger partial charge in [0.2, 0.25) is 10.0 Å². The summed E-state index contributed by atoms with van der Waals surface area (Å²) in [5, 5.41) is 0.422. The molecular formula is C15H23ClN2O2S. The van der Waals surface area contributed by atoms with E-state index in [0.717, 1.165) is 31.2 Å². The predicted molar refractivity (Wildman–Crippen MR) is 85.9 cm³/mol. The standard InChI is InChI=1S/C15H23ClN2O2S/c1-3-4-7-18(14-5-6-14)21(19,20)15-9-13(16)8-12(10-17)11(15)2/h8-9,14H,3-7,10,17H2,1-2H3. The van der Waals surface area contributed by atoms with E-state index in [0.29, 0.717) is 22.0 Å². The van der Waals surface area contributed by atoms with Gasteiger partial charge in [0.15, 0.2) is 0 Å². The maximum Gasteiger partial charge on any atom is 0.243 e. The van der Waals surface area contributed by atoms with Gasteiger partial charge in [-0.2, -0.15) is 4.31 Å². The van der Waals surface area contributed by atoms with Gasteiger partial charge in [-0.25, -0.2) is 8.42 Å². The SMILES string of the molecule is CCCCN(C1CC1)S(=O)(=O)c1cc(Cl)cc(CN)c1C. The average Bonchev–Trinajstić information content (AvgIpc) is 3.25. The van der Waals surface area contributed by atoms with Gasteiger partial charge in [-0.3, -0.25) is 0 Å². The highest BCUT2D eigenvalue weighted by molar-refractivity contribution is 7.89. The lowest BCUT2D eigenvalue weighted by molar-refractivity contribution is 0.395. The quantitative estimate of drug-likeness (QED) is 0.835. The molecule has 2 rings (SSSR count). The third kappa shape index (κ3) is 3.59. The fourth-order valence-electron chi connectivity index (χ4n) is 2.49. The van der Waals surface area contributed by atoms with Gasteiger partial charge in [0, 0.05) is 24.2 Å². The predicted octanol–water partition coefficient (Wildman–Crippen LogP) is 3.06. The molecule has 0 radical (unpaired) electrons. The van der Waals surface area contributed by atoms with Crippen LogP contribution in [0.3, 0.4) is 0 Å².